The lowest BCUT2D eigenvalue weighted by Crippen LogP contribution is -2.39. The third-order valence-corrected chi connectivity index (χ3v) is 10.2. The molecule has 0 aliphatic heterocycles. The number of likely N-dealkylation sites (N-methyl/N-ethyl adjacent to an activating group) is 1. The lowest BCUT2D eigenvalue weighted by atomic mass is 9.77. The predicted molar refractivity (Wildman–Crippen MR) is 227 cm³/mol. The number of aryl methyl sites for hydroxylation is 1. The second-order valence-electron chi connectivity index (χ2n) is 14.3. The van der Waals surface area contributed by atoms with Gasteiger partial charge in [-0.25, -0.2) is 14.5 Å². The van der Waals surface area contributed by atoms with Gasteiger partial charge >= 0.3 is 5.97 Å². The van der Waals surface area contributed by atoms with Gasteiger partial charge in [-0.05, 0) is 71.0 Å². The molecule has 292 valence electrons. The second kappa shape index (κ2) is 17.5. The van der Waals surface area contributed by atoms with Crippen molar-refractivity contribution in [2.24, 2.45) is 0 Å². The minimum absolute atomic E-state index is 0.193. The van der Waals surface area contributed by atoms with Gasteiger partial charge < -0.3 is 9.30 Å². The zero-order valence-corrected chi connectivity index (χ0v) is 33.5. The minimum atomic E-state index is -0.902. The number of rotatable bonds is 14. The molecule has 58 heavy (non-hydrogen) atoms. The average molecular weight is 770 g/mol. The van der Waals surface area contributed by atoms with Crippen molar-refractivity contribution in [2.75, 3.05) is 18.6 Å². The molecule has 2 heterocycles. The van der Waals surface area contributed by atoms with Crippen LogP contribution in [0.5, 0.6) is 0 Å². The van der Waals surface area contributed by atoms with Gasteiger partial charge in [0.1, 0.15) is 11.4 Å². The predicted octanol–water partition coefficient (Wildman–Crippen LogP) is 9.15. The van der Waals surface area contributed by atoms with E-state index in [9.17, 15) is 9.59 Å². The zero-order valence-electron chi connectivity index (χ0n) is 33.5. The van der Waals surface area contributed by atoms with E-state index in [1.54, 1.807) is 14.0 Å². The Morgan fingerprint density at radius 3 is 1.83 bits per heavy atom. The van der Waals surface area contributed by atoms with Crippen molar-refractivity contribution in [3.8, 4) is 22.5 Å². The van der Waals surface area contributed by atoms with Crippen LogP contribution in [0.4, 0.5) is 5.82 Å². The Kier molecular flexibility index (Phi) is 11.8. The summed E-state index contributed by atoms with van der Waals surface area (Å²) in [6, 6.07) is 47.5. The van der Waals surface area contributed by atoms with Crippen LogP contribution in [0.2, 0.25) is 0 Å². The van der Waals surface area contributed by atoms with Gasteiger partial charge in [0.05, 0.1) is 6.61 Å². The van der Waals surface area contributed by atoms with Crippen LogP contribution in [0, 0.1) is 0 Å². The van der Waals surface area contributed by atoms with Crippen LogP contribution in [-0.4, -0.2) is 55.3 Å². The lowest BCUT2D eigenvalue weighted by molar-refractivity contribution is -0.114. The normalized spacial score (nSPS) is 11.3. The summed E-state index contributed by atoms with van der Waals surface area (Å²) >= 11 is 0. The van der Waals surface area contributed by atoms with E-state index in [4.69, 9.17) is 20.0 Å². The Hall–Kier alpha value is -6.94. The molecular weight excluding hydrogens is 723 g/mol. The fraction of sp³-hybridized carbons (Fsp3) is 0.208. The first-order valence-corrected chi connectivity index (χ1v) is 19.6. The minimum Gasteiger partial charge on any atom is -0.461 e. The number of carbonyl (C=O) groups is 2. The van der Waals surface area contributed by atoms with Gasteiger partial charge in [-0.2, -0.15) is 0 Å². The molecule has 0 unspecified atom stereocenters. The summed E-state index contributed by atoms with van der Waals surface area (Å²) in [5, 5.41) is 13.8. The maximum atomic E-state index is 13.5. The topological polar surface area (TPSA) is 108 Å². The standard InChI is InChI=1S/C48H47N7O3/c1-6-19-42-49-46(53(5)43(56)32-34(3)4)44(47(57)58-7-2)54(42)33-35-28-30-36(31-29-35)40-26-17-18-27-41(40)45-50-51-52-55(45)48(37-20-11-8-12-21-37,38-22-13-9-14-23-38)39-24-15-10-16-25-39/h8-18,20-32H,6-7,19,33H2,1-5H3. The molecular formula is C48H47N7O3. The molecule has 0 spiro atoms. The van der Waals surface area contributed by atoms with E-state index in [1.165, 1.54) is 11.0 Å². The number of ether oxygens (including phenoxy) is 1. The van der Waals surface area contributed by atoms with Crippen molar-refractivity contribution in [3.63, 3.8) is 0 Å². The summed E-state index contributed by atoms with van der Waals surface area (Å²) in [5.41, 5.74) is 6.99. The number of aromatic nitrogens is 6. The Labute approximate surface area is 339 Å². The first kappa shape index (κ1) is 39.3. The van der Waals surface area contributed by atoms with E-state index in [2.05, 4.69) is 84.9 Å². The van der Waals surface area contributed by atoms with Gasteiger partial charge in [0, 0.05) is 31.7 Å². The second-order valence-corrected chi connectivity index (χ2v) is 14.3. The van der Waals surface area contributed by atoms with Crippen molar-refractivity contribution in [2.45, 2.75) is 52.6 Å². The van der Waals surface area contributed by atoms with Crippen LogP contribution < -0.4 is 4.90 Å². The molecule has 2 aromatic heterocycles. The summed E-state index contributed by atoms with van der Waals surface area (Å²) in [7, 11) is 1.64. The van der Waals surface area contributed by atoms with Gasteiger partial charge in [-0.3, -0.25) is 9.69 Å². The molecule has 10 nitrogen and oxygen atoms in total. The number of carbonyl (C=O) groups excluding carboxylic acids is 2. The molecule has 0 saturated carbocycles. The molecule has 0 aliphatic carbocycles. The Balaban J connectivity index is 1.32. The Bertz CT molecular complexity index is 2430. The summed E-state index contributed by atoms with van der Waals surface area (Å²) in [4.78, 5) is 32.9. The number of hydrogen-bond donors (Lipinski definition) is 0. The molecule has 0 N–H and O–H groups in total. The molecule has 0 atom stereocenters. The third-order valence-electron chi connectivity index (χ3n) is 10.2. The van der Waals surface area contributed by atoms with Crippen LogP contribution in [-0.2, 0) is 28.0 Å². The number of nitrogens with zero attached hydrogens (tertiary/aromatic N) is 7. The van der Waals surface area contributed by atoms with E-state index in [1.807, 2.05) is 89.8 Å². The van der Waals surface area contributed by atoms with Gasteiger partial charge in [-0.1, -0.05) is 152 Å². The monoisotopic (exact) mass is 769 g/mol. The number of benzene rings is 5. The van der Waals surface area contributed by atoms with Crippen molar-refractivity contribution >= 4 is 17.7 Å². The highest BCUT2D eigenvalue weighted by atomic mass is 16.5. The number of imidazole rings is 1. The van der Waals surface area contributed by atoms with Crippen LogP contribution in [0.3, 0.4) is 0 Å². The maximum Gasteiger partial charge on any atom is 0.358 e. The fourth-order valence-electron chi connectivity index (χ4n) is 7.54. The zero-order chi connectivity index (χ0) is 40.6. The quantitative estimate of drug-likeness (QED) is 0.0617. The van der Waals surface area contributed by atoms with E-state index in [0.717, 1.165) is 50.9 Å². The highest BCUT2D eigenvalue weighted by Gasteiger charge is 2.42. The number of esters is 1. The van der Waals surface area contributed by atoms with Gasteiger partial charge in [0.25, 0.3) is 5.91 Å². The van der Waals surface area contributed by atoms with Crippen molar-refractivity contribution < 1.29 is 14.3 Å². The van der Waals surface area contributed by atoms with Gasteiger partial charge in [0.15, 0.2) is 17.3 Å². The summed E-state index contributed by atoms with van der Waals surface area (Å²) < 4.78 is 9.35. The van der Waals surface area contributed by atoms with Crippen molar-refractivity contribution in [1.29, 1.82) is 0 Å². The molecule has 10 heteroatoms. The van der Waals surface area contributed by atoms with E-state index in [-0.39, 0.29) is 24.0 Å². The van der Waals surface area contributed by atoms with Crippen molar-refractivity contribution in [1.82, 2.24) is 29.8 Å². The molecule has 7 rings (SSSR count). The number of tetrazole rings is 1. The molecule has 0 saturated heterocycles. The van der Waals surface area contributed by atoms with Gasteiger partial charge in [-0.15, -0.1) is 5.10 Å². The first-order valence-electron chi connectivity index (χ1n) is 19.6. The number of amides is 1. The molecule has 0 bridgehead atoms. The smallest absolute Gasteiger partial charge is 0.358 e. The van der Waals surface area contributed by atoms with Crippen molar-refractivity contribution in [3.05, 3.63) is 185 Å². The molecule has 0 fully saturated rings. The fourth-order valence-corrected chi connectivity index (χ4v) is 7.54. The third kappa shape index (κ3) is 7.61. The first-order chi connectivity index (χ1) is 28.3. The Morgan fingerprint density at radius 1 is 0.741 bits per heavy atom. The molecule has 5 aromatic carbocycles. The van der Waals surface area contributed by atoms with Crippen LogP contribution >= 0.6 is 0 Å². The van der Waals surface area contributed by atoms with Crippen LogP contribution in [0.25, 0.3) is 22.5 Å². The Morgan fingerprint density at radius 2 is 1.29 bits per heavy atom. The van der Waals surface area contributed by atoms with E-state index >= 15 is 0 Å². The molecule has 0 radical (unpaired) electrons. The maximum absolute atomic E-state index is 13.5. The number of allylic oxidation sites excluding steroid dienone is 1. The molecule has 7 aromatic rings. The van der Waals surface area contributed by atoms with Crippen LogP contribution in [0.15, 0.2) is 151 Å². The average Bonchev–Trinajstić information content (AvgIpc) is 3.88. The summed E-state index contributed by atoms with van der Waals surface area (Å²) in [6.07, 6.45) is 2.96. The number of hydrogen-bond acceptors (Lipinski definition) is 7. The number of anilines is 1. The van der Waals surface area contributed by atoms with E-state index < -0.39 is 11.5 Å². The van der Waals surface area contributed by atoms with Crippen LogP contribution in [0.1, 0.15) is 72.7 Å². The molecule has 0 aliphatic rings. The summed E-state index contributed by atoms with van der Waals surface area (Å²) in [5.74, 6) is 0.811. The molecule has 1 amide bonds. The highest BCUT2D eigenvalue weighted by Crippen LogP contribution is 2.43. The summed E-state index contributed by atoms with van der Waals surface area (Å²) in [6.45, 7) is 8.09. The van der Waals surface area contributed by atoms with E-state index in [0.29, 0.717) is 24.6 Å². The van der Waals surface area contributed by atoms with Gasteiger partial charge in [0.2, 0.25) is 0 Å². The SMILES string of the molecule is CCCc1nc(N(C)C(=O)C=C(C)C)c(C(=O)OCC)n1Cc1ccc(-c2ccccc2-c2nnnn2C(c2ccccc2)(c2ccccc2)c2ccccc2)cc1. The lowest BCUT2D eigenvalue weighted by Gasteiger charge is -2.36. The highest BCUT2D eigenvalue weighted by molar-refractivity contribution is 6.05. The largest absolute Gasteiger partial charge is 0.461 e.